The van der Waals surface area contributed by atoms with Gasteiger partial charge in [-0.3, -0.25) is 29.4 Å². The number of amides is 4. The highest BCUT2D eigenvalue weighted by Gasteiger charge is 2.44. The quantitative estimate of drug-likeness (QED) is 0.780. The van der Waals surface area contributed by atoms with Crippen LogP contribution in [-0.2, 0) is 9.59 Å². The Morgan fingerprint density at radius 3 is 2.48 bits per heavy atom. The molecule has 3 heterocycles. The summed E-state index contributed by atoms with van der Waals surface area (Å²) in [6.45, 7) is 0.941. The SMILES string of the molecule is O=C1CCC(N2C(=O)c3ccc(C4CCCCN4)cc3C2=O)C(=O)N1. The number of nitrogens with zero attached hydrogens (tertiary/aromatic N) is 1. The number of carbonyl (C=O) groups is 4. The number of fused-ring (bicyclic) bond motifs is 1. The summed E-state index contributed by atoms with van der Waals surface area (Å²) in [4.78, 5) is 49.8. The van der Waals surface area contributed by atoms with Crippen molar-refractivity contribution in [1.29, 1.82) is 0 Å². The minimum Gasteiger partial charge on any atom is -0.310 e. The van der Waals surface area contributed by atoms with E-state index in [2.05, 4.69) is 10.6 Å². The molecular formula is C18H19N3O4. The molecule has 2 atom stereocenters. The van der Waals surface area contributed by atoms with Crippen LogP contribution >= 0.6 is 0 Å². The van der Waals surface area contributed by atoms with E-state index in [-0.39, 0.29) is 24.8 Å². The molecule has 2 N–H and O–H groups in total. The van der Waals surface area contributed by atoms with E-state index in [4.69, 9.17) is 0 Å². The van der Waals surface area contributed by atoms with Crippen LogP contribution in [0.1, 0.15) is 64.4 Å². The highest BCUT2D eigenvalue weighted by atomic mass is 16.2. The largest absolute Gasteiger partial charge is 0.310 e. The van der Waals surface area contributed by atoms with Gasteiger partial charge in [-0.05, 0) is 43.5 Å². The third-order valence-electron chi connectivity index (χ3n) is 5.18. The van der Waals surface area contributed by atoms with Crippen molar-refractivity contribution in [2.45, 2.75) is 44.2 Å². The van der Waals surface area contributed by atoms with Gasteiger partial charge in [0.1, 0.15) is 6.04 Å². The molecule has 130 valence electrons. The van der Waals surface area contributed by atoms with Gasteiger partial charge in [0, 0.05) is 12.5 Å². The average Bonchev–Trinajstić information content (AvgIpc) is 2.87. The van der Waals surface area contributed by atoms with Gasteiger partial charge in [0.25, 0.3) is 11.8 Å². The molecule has 7 nitrogen and oxygen atoms in total. The lowest BCUT2D eigenvalue weighted by molar-refractivity contribution is -0.136. The van der Waals surface area contributed by atoms with E-state index in [9.17, 15) is 19.2 Å². The minimum absolute atomic E-state index is 0.126. The van der Waals surface area contributed by atoms with Crippen LogP contribution in [0.4, 0.5) is 0 Å². The van der Waals surface area contributed by atoms with Gasteiger partial charge in [0.15, 0.2) is 0 Å². The molecule has 0 aliphatic carbocycles. The molecular weight excluding hydrogens is 322 g/mol. The zero-order valence-corrected chi connectivity index (χ0v) is 13.7. The van der Waals surface area contributed by atoms with Crippen LogP contribution in [0.3, 0.4) is 0 Å². The van der Waals surface area contributed by atoms with Crippen molar-refractivity contribution in [2.24, 2.45) is 0 Å². The van der Waals surface area contributed by atoms with Gasteiger partial charge < -0.3 is 5.32 Å². The predicted molar refractivity (Wildman–Crippen MR) is 87.7 cm³/mol. The van der Waals surface area contributed by atoms with Crippen molar-refractivity contribution < 1.29 is 19.2 Å². The third kappa shape index (κ3) is 2.64. The summed E-state index contributed by atoms with van der Waals surface area (Å²) in [5.74, 6) is -1.87. The van der Waals surface area contributed by atoms with Gasteiger partial charge in [-0.2, -0.15) is 0 Å². The third-order valence-corrected chi connectivity index (χ3v) is 5.18. The molecule has 2 unspecified atom stereocenters. The van der Waals surface area contributed by atoms with E-state index in [0.29, 0.717) is 11.1 Å². The van der Waals surface area contributed by atoms with E-state index in [1.807, 2.05) is 6.07 Å². The van der Waals surface area contributed by atoms with E-state index in [1.165, 1.54) is 0 Å². The van der Waals surface area contributed by atoms with Crippen LogP contribution in [0.25, 0.3) is 0 Å². The first-order valence-electron chi connectivity index (χ1n) is 8.65. The standard InChI is InChI=1S/C18H19N3O4/c22-15-7-6-14(16(23)20-15)21-17(24)11-5-4-10(9-12(11)18(21)25)13-3-1-2-8-19-13/h4-5,9,13-14,19H,1-3,6-8H2,(H,20,22,23). The molecule has 2 saturated heterocycles. The number of imide groups is 2. The Hall–Kier alpha value is -2.54. The fourth-order valence-corrected chi connectivity index (χ4v) is 3.84. The van der Waals surface area contributed by atoms with Gasteiger partial charge in [-0.25, -0.2) is 0 Å². The molecule has 0 aromatic heterocycles. The molecule has 1 aromatic carbocycles. The summed E-state index contributed by atoms with van der Waals surface area (Å²) >= 11 is 0. The van der Waals surface area contributed by atoms with Crippen molar-refractivity contribution in [3.63, 3.8) is 0 Å². The number of rotatable bonds is 2. The normalized spacial score (nSPS) is 26.6. The zero-order chi connectivity index (χ0) is 17.6. The molecule has 3 aliphatic heterocycles. The second kappa shape index (κ2) is 6.07. The zero-order valence-electron chi connectivity index (χ0n) is 13.7. The van der Waals surface area contributed by atoms with E-state index >= 15 is 0 Å². The van der Waals surface area contributed by atoms with Gasteiger partial charge in [-0.15, -0.1) is 0 Å². The predicted octanol–water partition coefficient (Wildman–Crippen LogP) is 0.902. The molecule has 0 bridgehead atoms. The van der Waals surface area contributed by atoms with E-state index in [1.54, 1.807) is 12.1 Å². The summed E-state index contributed by atoms with van der Waals surface area (Å²) in [6, 6.07) is 4.59. The first-order valence-corrected chi connectivity index (χ1v) is 8.65. The van der Waals surface area contributed by atoms with Gasteiger partial charge in [-0.1, -0.05) is 12.5 Å². The molecule has 2 fully saturated rings. The Labute approximate surface area is 144 Å². The fourth-order valence-electron chi connectivity index (χ4n) is 3.84. The van der Waals surface area contributed by atoms with Crippen LogP contribution in [0, 0.1) is 0 Å². The van der Waals surface area contributed by atoms with Gasteiger partial charge >= 0.3 is 0 Å². The molecule has 7 heteroatoms. The second-order valence-electron chi connectivity index (χ2n) is 6.75. The molecule has 0 spiro atoms. The Morgan fingerprint density at radius 1 is 0.960 bits per heavy atom. The smallest absolute Gasteiger partial charge is 0.262 e. The monoisotopic (exact) mass is 341 g/mol. The minimum atomic E-state index is -0.915. The van der Waals surface area contributed by atoms with Crippen LogP contribution in [-0.4, -0.2) is 41.1 Å². The van der Waals surface area contributed by atoms with Crippen molar-refractivity contribution in [3.8, 4) is 0 Å². The number of piperidine rings is 2. The van der Waals surface area contributed by atoms with E-state index in [0.717, 1.165) is 36.3 Å². The van der Waals surface area contributed by atoms with Crippen LogP contribution < -0.4 is 10.6 Å². The topological polar surface area (TPSA) is 95.6 Å². The van der Waals surface area contributed by atoms with Crippen LogP contribution in [0.2, 0.25) is 0 Å². The van der Waals surface area contributed by atoms with Crippen molar-refractivity contribution in [2.75, 3.05) is 6.54 Å². The lowest BCUT2D eigenvalue weighted by Crippen LogP contribution is -2.54. The maximum absolute atomic E-state index is 12.8. The van der Waals surface area contributed by atoms with Crippen molar-refractivity contribution >= 4 is 23.6 Å². The van der Waals surface area contributed by atoms with Crippen molar-refractivity contribution in [1.82, 2.24) is 15.5 Å². The first kappa shape index (κ1) is 16.0. The summed E-state index contributed by atoms with van der Waals surface area (Å²) in [6.07, 6.45) is 3.57. The van der Waals surface area contributed by atoms with Crippen molar-refractivity contribution in [3.05, 3.63) is 34.9 Å². The Balaban J connectivity index is 1.63. The van der Waals surface area contributed by atoms with Gasteiger partial charge in [0.05, 0.1) is 11.1 Å². The molecule has 0 radical (unpaired) electrons. The molecule has 3 aliphatic rings. The molecule has 4 amide bonds. The number of hydrogen-bond donors (Lipinski definition) is 2. The fraction of sp³-hybridized carbons (Fsp3) is 0.444. The van der Waals surface area contributed by atoms with E-state index < -0.39 is 23.8 Å². The maximum Gasteiger partial charge on any atom is 0.262 e. The number of nitrogens with one attached hydrogen (secondary N) is 2. The average molecular weight is 341 g/mol. The highest BCUT2D eigenvalue weighted by molar-refractivity contribution is 6.23. The van der Waals surface area contributed by atoms with Crippen LogP contribution in [0.15, 0.2) is 18.2 Å². The number of benzene rings is 1. The summed E-state index contributed by atoms with van der Waals surface area (Å²) in [5, 5.41) is 5.63. The Bertz CT molecular complexity index is 783. The molecule has 0 saturated carbocycles. The first-order chi connectivity index (χ1) is 12.1. The molecule has 4 rings (SSSR count). The number of hydrogen-bond acceptors (Lipinski definition) is 5. The Morgan fingerprint density at radius 2 is 1.76 bits per heavy atom. The lowest BCUT2D eigenvalue weighted by atomic mass is 9.95. The van der Waals surface area contributed by atoms with Crippen LogP contribution in [0.5, 0.6) is 0 Å². The highest BCUT2D eigenvalue weighted by Crippen LogP contribution is 2.31. The second-order valence-corrected chi connectivity index (χ2v) is 6.75. The molecule has 25 heavy (non-hydrogen) atoms. The summed E-state index contributed by atoms with van der Waals surface area (Å²) in [5.41, 5.74) is 1.67. The Kier molecular flexibility index (Phi) is 3.88. The lowest BCUT2D eigenvalue weighted by Gasteiger charge is -2.27. The van der Waals surface area contributed by atoms with Gasteiger partial charge in [0.2, 0.25) is 11.8 Å². The summed E-state index contributed by atoms with van der Waals surface area (Å²) < 4.78 is 0. The molecule has 1 aromatic rings. The maximum atomic E-state index is 12.8. The summed E-state index contributed by atoms with van der Waals surface area (Å²) in [7, 11) is 0. The number of carbonyl (C=O) groups excluding carboxylic acids is 4.